The number of fused-ring (bicyclic) bond motifs is 1. The lowest BCUT2D eigenvalue weighted by atomic mass is 9.97. The van der Waals surface area contributed by atoms with Gasteiger partial charge in [-0.15, -0.1) is 0 Å². The van der Waals surface area contributed by atoms with Gasteiger partial charge in [0.15, 0.2) is 0 Å². The van der Waals surface area contributed by atoms with E-state index in [2.05, 4.69) is 20.3 Å². The highest BCUT2D eigenvalue weighted by molar-refractivity contribution is 7.88. The zero-order valence-electron chi connectivity index (χ0n) is 16.2. The van der Waals surface area contributed by atoms with Crippen LogP contribution in [0.4, 0.5) is 5.82 Å². The minimum absolute atomic E-state index is 0.133. The van der Waals surface area contributed by atoms with Crippen molar-refractivity contribution in [1.29, 1.82) is 0 Å². The van der Waals surface area contributed by atoms with Gasteiger partial charge in [-0.3, -0.25) is 9.78 Å². The number of carbonyl (C=O) groups is 1. The first-order valence-corrected chi connectivity index (χ1v) is 11.1. The predicted molar refractivity (Wildman–Crippen MR) is 110 cm³/mol. The standard InChI is InChI=1S/C19H22N6O3S/c1-24-12-20-11-17(24)16-7-14-8-18(22-10-15(14)9-21-16)23-19(26)13-3-5-25(6-4-13)29(2,27)28/h7-13H,3-6H2,1-2H3,(H,22,23,26). The number of pyridine rings is 2. The Balaban J connectivity index is 1.49. The summed E-state index contributed by atoms with van der Waals surface area (Å²) >= 11 is 0. The van der Waals surface area contributed by atoms with Gasteiger partial charge in [-0.25, -0.2) is 22.7 Å². The molecule has 9 nitrogen and oxygen atoms in total. The number of imidazole rings is 1. The van der Waals surface area contributed by atoms with Crippen LogP contribution in [0.3, 0.4) is 0 Å². The number of hydrogen-bond acceptors (Lipinski definition) is 6. The van der Waals surface area contributed by atoms with Gasteiger partial charge in [0.25, 0.3) is 0 Å². The highest BCUT2D eigenvalue weighted by atomic mass is 32.2. The number of carbonyl (C=O) groups excluding carboxylic acids is 1. The van der Waals surface area contributed by atoms with Gasteiger partial charge in [-0.2, -0.15) is 0 Å². The monoisotopic (exact) mass is 414 g/mol. The topological polar surface area (TPSA) is 110 Å². The summed E-state index contributed by atoms with van der Waals surface area (Å²) in [6.45, 7) is 0.726. The Bertz CT molecular complexity index is 1170. The van der Waals surface area contributed by atoms with Crippen molar-refractivity contribution in [2.75, 3.05) is 24.7 Å². The summed E-state index contributed by atoms with van der Waals surface area (Å²) < 4.78 is 26.5. The van der Waals surface area contributed by atoms with Crippen molar-refractivity contribution in [3.8, 4) is 11.4 Å². The van der Waals surface area contributed by atoms with Gasteiger partial charge >= 0.3 is 0 Å². The van der Waals surface area contributed by atoms with Crippen molar-refractivity contribution >= 4 is 32.5 Å². The van der Waals surface area contributed by atoms with Gasteiger partial charge in [-0.05, 0) is 30.4 Å². The molecule has 1 fully saturated rings. The summed E-state index contributed by atoms with van der Waals surface area (Å²) in [6.07, 6.45) is 9.09. The quantitative estimate of drug-likeness (QED) is 0.695. The summed E-state index contributed by atoms with van der Waals surface area (Å²) in [6, 6.07) is 3.76. The molecule has 1 N–H and O–H groups in total. The van der Waals surface area contributed by atoms with E-state index in [1.165, 1.54) is 10.6 Å². The minimum atomic E-state index is -3.21. The van der Waals surface area contributed by atoms with E-state index in [9.17, 15) is 13.2 Å². The van der Waals surface area contributed by atoms with Crippen LogP contribution in [0, 0.1) is 5.92 Å². The van der Waals surface area contributed by atoms with Crippen LogP contribution in [0.15, 0.2) is 37.1 Å². The lowest BCUT2D eigenvalue weighted by molar-refractivity contribution is -0.120. The molecule has 1 aliphatic heterocycles. The molecule has 0 aromatic carbocycles. The summed E-state index contributed by atoms with van der Waals surface area (Å²) in [5.74, 6) is 0.106. The zero-order valence-corrected chi connectivity index (χ0v) is 17.1. The van der Waals surface area contributed by atoms with Crippen LogP contribution in [0.5, 0.6) is 0 Å². The maximum atomic E-state index is 12.6. The zero-order chi connectivity index (χ0) is 20.6. The molecule has 29 heavy (non-hydrogen) atoms. The predicted octanol–water partition coefficient (Wildman–Crippen LogP) is 1.64. The summed E-state index contributed by atoms with van der Waals surface area (Å²) in [5, 5.41) is 4.65. The second-order valence-electron chi connectivity index (χ2n) is 7.30. The third kappa shape index (κ3) is 4.13. The molecular formula is C19H22N6O3S. The van der Waals surface area contributed by atoms with Crippen molar-refractivity contribution in [2.45, 2.75) is 12.8 Å². The molecule has 4 heterocycles. The molecule has 0 radical (unpaired) electrons. The Kier molecular flexibility index (Phi) is 5.05. The first-order chi connectivity index (χ1) is 13.8. The molecule has 4 rings (SSSR count). The molecule has 0 spiro atoms. The Labute approximate surface area is 168 Å². The number of anilines is 1. The summed E-state index contributed by atoms with van der Waals surface area (Å²) in [4.78, 5) is 25.5. The van der Waals surface area contributed by atoms with Gasteiger partial charge < -0.3 is 9.88 Å². The molecule has 1 aliphatic rings. The van der Waals surface area contributed by atoms with E-state index >= 15 is 0 Å². The van der Waals surface area contributed by atoms with E-state index in [4.69, 9.17) is 0 Å². The average molecular weight is 414 g/mol. The molecule has 3 aromatic rings. The van der Waals surface area contributed by atoms with Crippen molar-refractivity contribution in [3.63, 3.8) is 0 Å². The molecule has 152 valence electrons. The second kappa shape index (κ2) is 7.53. The normalized spacial score (nSPS) is 16.2. The maximum Gasteiger partial charge on any atom is 0.228 e. The minimum Gasteiger partial charge on any atom is -0.332 e. The molecule has 0 unspecified atom stereocenters. The number of rotatable bonds is 4. The third-order valence-electron chi connectivity index (χ3n) is 5.23. The fourth-order valence-electron chi connectivity index (χ4n) is 3.53. The van der Waals surface area contributed by atoms with Gasteiger partial charge in [0.05, 0.1) is 30.2 Å². The number of aryl methyl sites for hydroxylation is 1. The average Bonchev–Trinajstić information content (AvgIpc) is 3.13. The number of amides is 1. The van der Waals surface area contributed by atoms with Crippen molar-refractivity contribution in [1.82, 2.24) is 23.8 Å². The lowest BCUT2D eigenvalue weighted by Crippen LogP contribution is -2.40. The molecule has 10 heteroatoms. The largest absolute Gasteiger partial charge is 0.332 e. The van der Waals surface area contributed by atoms with E-state index in [1.54, 1.807) is 24.9 Å². The Hall–Kier alpha value is -2.85. The fourth-order valence-corrected chi connectivity index (χ4v) is 4.40. The Morgan fingerprint density at radius 2 is 1.83 bits per heavy atom. The molecule has 1 amide bonds. The van der Waals surface area contributed by atoms with Crippen LogP contribution in [-0.4, -0.2) is 57.5 Å². The molecule has 0 aliphatic carbocycles. The van der Waals surface area contributed by atoms with Gasteiger partial charge in [-0.1, -0.05) is 0 Å². The first kappa shape index (κ1) is 19.5. The number of hydrogen-bond donors (Lipinski definition) is 1. The number of sulfonamides is 1. The number of nitrogens with one attached hydrogen (secondary N) is 1. The number of nitrogens with zero attached hydrogens (tertiary/aromatic N) is 5. The van der Waals surface area contributed by atoms with Crippen LogP contribution >= 0.6 is 0 Å². The van der Waals surface area contributed by atoms with Crippen LogP contribution in [0.1, 0.15) is 12.8 Å². The van der Waals surface area contributed by atoms with Gasteiger partial charge in [0, 0.05) is 43.8 Å². The van der Waals surface area contributed by atoms with Crippen molar-refractivity contribution in [2.24, 2.45) is 13.0 Å². The van der Waals surface area contributed by atoms with E-state index in [1.807, 2.05) is 23.7 Å². The maximum absolute atomic E-state index is 12.6. The van der Waals surface area contributed by atoms with Crippen LogP contribution in [-0.2, 0) is 21.9 Å². The van der Waals surface area contributed by atoms with E-state index in [0.717, 1.165) is 22.2 Å². The summed E-state index contributed by atoms with van der Waals surface area (Å²) in [7, 11) is -1.30. The van der Waals surface area contributed by atoms with E-state index < -0.39 is 10.0 Å². The summed E-state index contributed by atoms with van der Waals surface area (Å²) in [5.41, 5.74) is 1.68. The van der Waals surface area contributed by atoms with Crippen LogP contribution < -0.4 is 5.32 Å². The molecule has 0 atom stereocenters. The van der Waals surface area contributed by atoms with Gasteiger partial charge in [0.1, 0.15) is 5.82 Å². The smallest absolute Gasteiger partial charge is 0.228 e. The molecule has 3 aromatic heterocycles. The van der Waals surface area contributed by atoms with Gasteiger partial charge in [0.2, 0.25) is 15.9 Å². The fraction of sp³-hybridized carbons (Fsp3) is 0.368. The number of aromatic nitrogens is 4. The molecule has 1 saturated heterocycles. The van der Waals surface area contributed by atoms with Crippen LogP contribution in [0.2, 0.25) is 0 Å². The second-order valence-corrected chi connectivity index (χ2v) is 9.28. The van der Waals surface area contributed by atoms with Crippen molar-refractivity contribution < 1.29 is 13.2 Å². The molecule has 0 bridgehead atoms. The SMILES string of the molecule is Cn1cncc1-c1cc2cc(NC(=O)C3CCN(S(C)(=O)=O)CC3)ncc2cn1. The lowest BCUT2D eigenvalue weighted by Gasteiger charge is -2.29. The Morgan fingerprint density at radius 3 is 2.48 bits per heavy atom. The third-order valence-corrected chi connectivity index (χ3v) is 6.53. The number of piperidine rings is 1. The molecule has 0 saturated carbocycles. The van der Waals surface area contributed by atoms with E-state index in [-0.39, 0.29) is 11.8 Å². The van der Waals surface area contributed by atoms with Crippen molar-refractivity contribution in [3.05, 3.63) is 37.1 Å². The first-order valence-electron chi connectivity index (χ1n) is 9.30. The van der Waals surface area contributed by atoms with E-state index in [0.29, 0.717) is 31.7 Å². The van der Waals surface area contributed by atoms with Crippen LogP contribution in [0.25, 0.3) is 22.2 Å². The molecular weight excluding hydrogens is 392 g/mol. The highest BCUT2D eigenvalue weighted by Gasteiger charge is 2.29. The Morgan fingerprint density at radius 1 is 1.10 bits per heavy atom. The highest BCUT2D eigenvalue weighted by Crippen LogP contribution is 2.24.